The van der Waals surface area contributed by atoms with Gasteiger partial charge in [-0.1, -0.05) is 6.07 Å². The third-order valence-electron chi connectivity index (χ3n) is 2.75. The third-order valence-corrected chi connectivity index (χ3v) is 2.75. The molecular formula is C11H10N2O2. The van der Waals surface area contributed by atoms with E-state index in [1.54, 1.807) is 6.07 Å². The van der Waals surface area contributed by atoms with Gasteiger partial charge < -0.3 is 14.8 Å². The Kier molecular flexibility index (Phi) is 1.79. The lowest BCUT2D eigenvalue weighted by Gasteiger charge is -2.29. The van der Waals surface area contributed by atoms with Crippen molar-refractivity contribution in [1.82, 2.24) is 5.32 Å². The van der Waals surface area contributed by atoms with Gasteiger partial charge in [-0.15, -0.1) is 0 Å². The molecule has 2 heterocycles. The second kappa shape index (κ2) is 3.14. The SMILES string of the molecule is N#Cc1cccc2c1OC1CNCC1O2. The van der Waals surface area contributed by atoms with Crippen LogP contribution in [0, 0.1) is 11.3 Å². The molecule has 2 aliphatic heterocycles. The molecule has 3 rings (SSSR count). The number of rotatable bonds is 0. The fourth-order valence-corrected chi connectivity index (χ4v) is 2.00. The van der Waals surface area contributed by atoms with Gasteiger partial charge in [-0.25, -0.2) is 0 Å². The van der Waals surface area contributed by atoms with Crippen LogP contribution in [0.15, 0.2) is 18.2 Å². The molecule has 0 aliphatic carbocycles. The van der Waals surface area contributed by atoms with Crippen LogP contribution >= 0.6 is 0 Å². The molecular weight excluding hydrogens is 192 g/mol. The zero-order valence-corrected chi connectivity index (χ0v) is 8.06. The number of benzene rings is 1. The largest absolute Gasteiger partial charge is 0.481 e. The van der Waals surface area contributed by atoms with Crippen molar-refractivity contribution >= 4 is 0 Å². The van der Waals surface area contributed by atoms with E-state index in [2.05, 4.69) is 11.4 Å². The standard InChI is InChI=1S/C11H10N2O2/c12-4-7-2-1-3-8-11(7)15-10-6-13-5-9(10)14-8/h1-3,9-10,13H,5-6H2. The Morgan fingerprint density at radius 3 is 2.87 bits per heavy atom. The maximum Gasteiger partial charge on any atom is 0.179 e. The lowest BCUT2D eigenvalue weighted by Crippen LogP contribution is -2.38. The second-order valence-electron chi connectivity index (χ2n) is 3.72. The summed E-state index contributed by atoms with van der Waals surface area (Å²) in [7, 11) is 0. The van der Waals surface area contributed by atoms with Crippen molar-refractivity contribution < 1.29 is 9.47 Å². The molecule has 2 atom stereocenters. The Hall–Kier alpha value is -1.73. The highest BCUT2D eigenvalue weighted by Gasteiger charge is 2.36. The highest BCUT2D eigenvalue weighted by Crippen LogP contribution is 2.37. The van der Waals surface area contributed by atoms with E-state index < -0.39 is 0 Å². The van der Waals surface area contributed by atoms with Crippen molar-refractivity contribution in [2.24, 2.45) is 0 Å². The lowest BCUT2D eigenvalue weighted by atomic mass is 10.1. The first-order valence-corrected chi connectivity index (χ1v) is 4.95. The third kappa shape index (κ3) is 1.24. The summed E-state index contributed by atoms with van der Waals surface area (Å²) >= 11 is 0. The summed E-state index contributed by atoms with van der Waals surface area (Å²) in [6, 6.07) is 7.50. The van der Waals surface area contributed by atoms with Crippen molar-refractivity contribution in [2.45, 2.75) is 12.2 Å². The molecule has 1 saturated heterocycles. The Balaban J connectivity index is 2.04. The average molecular weight is 202 g/mol. The first kappa shape index (κ1) is 8.57. The fourth-order valence-electron chi connectivity index (χ4n) is 2.00. The number of hydrogen-bond acceptors (Lipinski definition) is 4. The number of fused-ring (bicyclic) bond motifs is 2. The van der Waals surface area contributed by atoms with E-state index >= 15 is 0 Å². The normalized spacial score (nSPS) is 26.9. The molecule has 0 bridgehead atoms. The summed E-state index contributed by atoms with van der Waals surface area (Å²) in [5.74, 6) is 1.27. The highest BCUT2D eigenvalue weighted by molar-refractivity contribution is 5.53. The Bertz CT molecular complexity index is 439. The van der Waals surface area contributed by atoms with Crippen LogP contribution < -0.4 is 14.8 Å². The van der Waals surface area contributed by atoms with Gasteiger partial charge in [0.1, 0.15) is 18.3 Å². The van der Waals surface area contributed by atoms with Crippen LogP contribution in [0.1, 0.15) is 5.56 Å². The van der Waals surface area contributed by atoms with Crippen LogP contribution in [0.3, 0.4) is 0 Å². The summed E-state index contributed by atoms with van der Waals surface area (Å²) in [5.41, 5.74) is 0.540. The number of ether oxygens (including phenoxy) is 2. The fraction of sp³-hybridized carbons (Fsp3) is 0.364. The molecule has 0 spiro atoms. The Morgan fingerprint density at radius 2 is 2.07 bits per heavy atom. The first-order valence-electron chi connectivity index (χ1n) is 4.95. The molecule has 15 heavy (non-hydrogen) atoms. The van der Waals surface area contributed by atoms with Gasteiger partial charge in [-0.3, -0.25) is 0 Å². The number of nitriles is 1. The maximum atomic E-state index is 8.93. The van der Waals surface area contributed by atoms with Crippen molar-refractivity contribution in [3.8, 4) is 17.6 Å². The van der Waals surface area contributed by atoms with Crippen molar-refractivity contribution in [2.75, 3.05) is 13.1 Å². The molecule has 76 valence electrons. The van der Waals surface area contributed by atoms with Crippen LogP contribution in [0.2, 0.25) is 0 Å². The summed E-state index contributed by atoms with van der Waals surface area (Å²) in [6.07, 6.45) is 0.110. The van der Waals surface area contributed by atoms with Crippen LogP contribution in [-0.4, -0.2) is 25.3 Å². The minimum Gasteiger partial charge on any atom is -0.481 e. The average Bonchev–Trinajstić information content (AvgIpc) is 2.72. The molecule has 1 aromatic carbocycles. The van der Waals surface area contributed by atoms with Gasteiger partial charge in [0.05, 0.1) is 5.56 Å². The Morgan fingerprint density at radius 1 is 1.27 bits per heavy atom. The summed E-state index contributed by atoms with van der Waals surface area (Å²) < 4.78 is 11.5. The molecule has 4 heteroatoms. The topological polar surface area (TPSA) is 54.3 Å². The van der Waals surface area contributed by atoms with Crippen molar-refractivity contribution in [1.29, 1.82) is 5.26 Å². The molecule has 0 amide bonds. The zero-order valence-electron chi connectivity index (χ0n) is 8.06. The molecule has 1 N–H and O–H groups in total. The molecule has 0 saturated carbocycles. The number of hydrogen-bond donors (Lipinski definition) is 1. The number of para-hydroxylation sites is 1. The van der Waals surface area contributed by atoms with Gasteiger partial charge in [0, 0.05) is 13.1 Å². The predicted octanol–water partition coefficient (Wildman–Crippen LogP) is 0.670. The van der Waals surface area contributed by atoms with Crippen LogP contribution in [-0.2, 0) is 0 Å². The molecule has 0 radical (unpaired) electrons. The summed E-state index contributed by atoms with van der Waals surface area (Å²) in [4.78, 5) is 0. The summed E-state index contributed by atoms with van der Waals surface area (Å²) in [5, 5.41) is 12.1. The van der Waals surface area contributed by atoms with E-state index in [1.165, 1.54) is 0 Å². The quantitative estimate of drug-likeness (QED) is 0.671. The second-order valence-corrected chi connectivity index (χ2v) is 3.72. The molecule has 0 aromatic heterocycles. The monoisotopic (exact) mass is 202 g/mol. The molecule has 2 aliphatic rings. The van der Waals surface area contributed by atoms with E-state index in [0.717, 1.165) is 13.1 Å². The van der Waals surface area contributed by atoms with Gasteiger partial charge in [0.2, 0.25) is 0 Å². The lowest BCUT2D eigenvalue weighted by molar-refractivity contribution is 0.0549. The first-order chi connectivity index (χ1) is 7.38. The van der Waals surface area contributed by atoms with E-state index in [1.807, 2.05) is 12.1 Å². The molecule has 2 unspecified atom stereocenters. The van der Waals surface area contributed by atoms with E-state index in [0.29, 0.717) is 17.1 Å². The number of nitrogens with one attached hydrogen (secondary N) is 1. The minimum atomic E-state index is 0.0343. The van der Waals surface area contributed by atoms with Crippen LogP contribution in [0.5, 0.6) is 11.5 Å². The predicted molar refractivity (Wildman–Crippen MR) is 52.9 cm³/mol. The smallest absolute Gasteiger partial charge is 0.179 e. The van der Waals surface area contributed by atoms with E-state index in [9.17, 15) is 0 Å². The van der Waals surface area contributed by atoms with Crippen molar-refractivity contribution in [3.63, 3.8) is 0 Å². The maximum absolute atomic E-state index is 8.93. The van der Waals surface area contributed by atoms with Gasteiger partial charge in [-0.05, 0) is 12.1 Å². The summed E-state index contributed by atoms with van der Waals surface area (Å²) in [6.45, 7) is 1.59. The molecule has 1 fully saturated rings. The van der Waals surface area contributed by atoms with E-state index in [-0.39, 0.29) is 12.2 Å². The van der Waals surface area contributed by atoms with Gasteiger partial charge >= 0.3 is 0 Å². The van der Waals surface area contributed by atoms with E-state index in [4.69, 9.17) is 14.7 Å². The van der Waals surface area contributed by atoms with Crippen LogP contribution in [0.4, 0.5) is 0 Å². The highest BCUT2D eigenvalue weighted by atomic mass is 16.6. The Labute approximate surface area is 87.4 Å². The minimum absolute atomic E-state index is 0.0343. The van der Waals surface area contributed by atoms with Gasteiger partial charge in [0.25, 0.3) is 0 Å². The molecule has 1 aromatic rings. The number of nitrogens with zero attached hydrogens (tertiary/aromatic N) is 1. The van der Waals surface area contributed by atoms with Crippen molar-refractivity contribution in [3.05, 3.63) is 23.8 Å². The van der Waals surface area contributed by atoms with Gasteiger partial charge in [0.15, 0.2) is 11.5 Å². The van der Waals surface area contributed by atoms with Crippen LogP contribution in [0.25, 0.3) is 0 Å². The van der Waals surface area contributed by atoms with Gasteiger partial charge in [-0.2, -0.15) is 5.26 Å². The molecule has 4 nitrogen and oxygen atoms in total. The zero-order chi connectivity index (χ0) is 10.3.